The Balaban J connectivity index is 0.816. The number of carbonyl (C=O) groups is 6. The molecule has 12 heteroatoms. The molecule has 0 radical (unpaired) electrons. The first-order valence-corrected chi connectivity index (χ1v) is 19.1. The number of anilines is 4. The van der Waals surface area contributed by atoms with Gasteiger partial charge < -0.3 is 20.1 Å². The maximum absolute atomic E-state index is 12.8. The molecule has 2 N–H and O–H groups in total. The minimum absolute atomic E-state index is 0.335. The molecule has 0 bridgehead atoms. The van der Waals surface area contributed by atoms with Crippen molar-refractivity contribution < 1.29 is 38.2 Å². The van der Waals surface area contributed by atoms with Crippen LogP contribution in [0.25, 0.3) is 0 Å². The van der Waals surface area contributed by atoms with E-state index in [1.807, 2.05) is 48.5 Å². The summed E-state index contributed by atoms with van der Waals surface area (Å²) in [6.07, 6.45) is 4.83. The zero-order valence-electron chi connectivity index (χ0n) is 32.8. The fourth-order valence-electron chi connectivity index (χ4n) is 6.77. The number of carbonyl (C=O) groups excluding carboxylic acids is 6. The van der Waals surface area contributed by atoms with Gasteiger partial charge in [-0.25, -0.2) is 9.80 Å². The summed E-state index contributed by atoms with van der Waals surface area (Å²) < 4.78 is 12.2. The summed E-state index contributed by atoms with van der Waals surface area (Å²) in [7, 11) is 0. The van der Waals surface area contributed by atoms with E-state index in [-0.39, 0.29) is 17.2 Å². The van der Waals surface area contributed by atoms with Gasteiger partial charge in [0.1, 0.15) is 23.0 Å². The van der Waals surface area contributed by atoms with E-state index in [0.717, 1.165) is 20.9 Å². The van der Waals surface area contributed by atoms with E-state index in [0.29, 0.717) is 56.9 Å². The summed E-state index contributed by atoms with van der Waals surface area (Å²) in [5.74, 6) is 0.111. The van der Waals surface area contributed by atoms with Gasteiger partial charge in [0.05, 0.1) is 11.4 Å². The number of ether oxygens (including phenoxy) is 2. The fourth-order valence-corrected chi connectivity index (χ4v) is 6.77. The van der Waals surface area contributed by atoms with Gasteiger partial charge in [-0.3, -0.25) is 28.8 Å². The number of nitrogens with zero attached hydrogens (tertiary/aromatic N) is 2. The van der Waals surface area contributed by atoms with Crippen LogP contribution in [-0.4, -0.2) is 35.4 Å². The summed E-state index contributed by atoms with van der Waals surface area (Å²) in [5, 5.41) is 5.68. The van der Waals surface area contributed by atoms with Gasteiger partial charge in [-0.1, -0.05) is 38.1 Å². The highest BCUT2D eigenvalue weighted by Gasteiger charge is 2.27. The highest BCUT2D eigenvalue weighted by Crippen LogP contribution is 2.35. The Hall–Kier alpha value is -8.38. The molecule has 0 spiro atoms. The largest absolute Gasteiger partial charge is 0.457 e. The van der Waals surface area contributed by atoms with Gasteiger partial charge in [-0.2, -0.15) is 0 Å². The Morgan fingerprint density at radius 3 is 0.984 bits per heavy atom. The Kier molecular flexibility index (Phi) is 10.6. The highest BCUT2D eigenvalue weighted by atomic mass is 16.5. The molecular weight excluding hydrogens is 773 g/mol. The van der Waals surface area contributed by atoms with Crippen molar-refractivity contribution in [2.24, 2.45) is 0 Å². The molecule has 0 unspecified atom stereocenters. The second-order valence-corrected chi connectivity index (χ2v) is 14.6. The molecule has 0 aliphatic carbocycles. The van der Waals surface area contributed by atoms with Gasteiger partial charge in [0.15, 0.2) is 0 Å². The second-order valence-electron chi connectivity index (χ2n) is 14.6. The van der Waals surface area contributed by atoms with Crippen molar-refractivity contribution in [2.75, 3.05) is 20.4 Å². The van der Waals surface area contributed by atoms with Crippen LogP contribution < -0.4 is 29.9 Å². The van der Waals surface area contributed by atoms with E-state index in [4.69, 9.17) is 9.47 Å². The Morgan fingerprint density at radius 1 is 0.410 bits per heavy atom. The lowest BCUT2D eigenvalue weighted by Gasteiger charge is -2.26. The third kappa shape index (κ3) is 8.59. The van der Waals surface area contributed by atoms with Crippen molar-refractivity contribution in [3.05, 3.63) is 192 Å². The topological polar surface area (TPSA) is 151 Å². The maximum Gasteiger partial charge on any atom is 0.258 e. The lowest BCUT2D eigenvalue weighted by molar-refractivity contribution is -0.121. The molecule has 0 atom stereocenters. The Morgan fingerprint density at radius 2 is 0.689 bits per heavy atom. The van der Waals surface area contributed by atoms with Crippen LogP contribution in [0.2, 0.25) is 0 Å². The van der Waals surface area contributed by atoms with Gasteiger partial charge in [0.2, 0.25) is 0 Å². The molecule has 8 rings (SSSR count). The molecular formula is C49H36N4O8. The van der Waals surface area contributed by atoms with Crippen LogP contribution in [0.15, 0.2) is 170 Å². The SMILES string of the molecule is CC(C)(c1ccc(Oc2ccc(NC(=O)c3ccc(N4C(=O)C=CC4=O)cc3)cc2)cc1)c1ccc(Oc2ccc(NC(=O)c3ccc(N4C(=O)C=CC4=O)cc3)cc2)cc1. The first-order chi connectivity index (χ1) is 29.4. The summed E-state index contributed by atoms with van der Waals surface area (Å²) >= 11 is 0. The van der Waals surface area contributed by atoms with Crippen LogP contribution in [0.1, 0.15) is 45.7 Å². The predicted molar refractivity (Wildman–Crippen MR) is 230 cm³/mol. The summed E-state index contributed by atoms with van der Waals surface area (Å²) in [4.78, 5) is 75.5. The molecule has 2 aliphatic rings. The van der Waals surface area contributed by atoms with Gasteiger partial charge in [-0.15, -0.1) is 0 Å². The van der Waals surface area contributed by atoms with E-state index < -0.39 is 23.6 Å². The first-order valence-electron chi connectivity index (χ1n) is 19.1. The van der Waals surface area contributed by atoms with Crippen LogP contribution >= 0.6 is 0 Å². The number of benzene rings is 6. The van der Waals surface area contributed by atoms with Crippen LogP contribution in [0, 0.1) is 0 Å². The minimum atomic E-state index is -0.424. The summed E-state index contributed by atoms with van der Waals surface area (Å²) in [5.41, 5.74) is 4.49. The molecule has 6 aromatic rings. The van der Waals surface area contributed by atoms with Gasteiger partial charge in [-0.05, 0) is 132 Å². The van der Waals surface area contributed by atoms with Crippen molar-refractivity contribution >= 4 is 58.2 Å². The molecule has 2 heterocycles. The van der Waals surface area contributed by atoms with E-state index in [1.54, 1.807) is 97.1 Å². The number of rotatable bonds is 12. The lowest BCUT2D eigenvalue weighted by Crippen LogP contribution is -2.29. The molecule has 0 saturated carbocycles. The average molecular weight is 809 g/mol. The normalized spacial score (nSPS) is 13.5. The molecule has 6 aromatic carbocycles. The van der Waals surface area contributed by atoms with Crippen LogP contribution in [-0.2, 0) is 24.6 Å². The van der Waals surface area contributed by atoms with Crippen molar-refractivity contribution in [1.82, 2.24) is 0 Å². The zero-order valence-corrected chi connectivity index (χ0v) is 32.8. The molecule has 0 saturated heterocycles. The lowest BCUT2D eigenvalue weighted by atomic mass is 9.78. The molecule has 0 fully saturated rings. The first kappa shape index (κ1) is 39.4. The third-order valence-corrected chi connectivity index (χ3v) is 10.2. The van der Waals surface area contributed by atoms with Crippen molar-refractivity contribution in [1.29, 1.82) is 0 Å². The highest BCUT2D eigenvalue weighted by molar-refractivity contribution is 6.29. The molecule has 0 aromatic heterocycles. The number of hydrogen-bond donors (Lipinski definition) is 2. The minimum Gasteiger partial charge on any atom is -0.457 e. The fraction of sp³-hybridized carbons (Fsp3) is 0.0612. The standard InChI is InChI=1S/C49H36N4O8/c1-49(2,33-7-19-39(20-8-33)60-41-23-11-35(12-24-41)50-47(58)31-3-15-37(16-4-31)52-43(54)27-28-44(52)55)34-9-21-40(22-10-34)61-42-25-13-36(14-26-42)51-48(59)32-5-17-38(18-6-32)53-45(56)29-30-46(53)57/h3-30H,1-2H3,(H,50,58)(H,51,59). The van der Waals surface area contributed by atoms with E-state index in [1.165, 1.54) is 24.3 Å². The second kappa shape index (κ2) is 16.5. The van der Waals surface area contributed by atoms with Crippen LogP contribution in [0.3, 0.4) is 0 Å². The van der Waals surface area contributed by atoms with Crippen LogP contribution in [0.4, 0.5) is 22.7 Å². The number of imide groups is 2. The molecule has 12 nitrogen and oxygen atoms in total. The van der Waals surface area contributed by atoms with E-state index in [9.17, 15) is 28.8 Å². The van der Waals surface area contributed by atoms with E-state index in [2.05, 4.69) is 24.5 Å². The van der Waals surface area contributed by atoms with E-state index >= 15 is 0 Å². The monoisotopic (exact) mass is 808 g/mol. The summed E-state index contributed by atoms with van der Waals surface area (Å²) in [6.45, 7) is 4.28. The molecule has 6 amide bonds. The average Bonchev–Trinajstić information content (AvgIpc) is 3.80. The molecule has 300 valence electrons. The van der Waals surface area contributed by atoms with Crippen molar-refractivity contribution in [2.45, 2.75) is 19.3 Å². The molecule has 61 heavy (non-hydrogen) atoms. The zero-order chi connectivity index (χ0) is 42.7. The summed E-state index contributed by atoms with van der Waals surface area (Å²) in [6, 6.07) is 42.2. The maximum atomic E-state index is 12.8. The Labute approximate surface area is 350 Å². The van der Waals surface area contributed by atoms with Crippen LogP contribution in [0.5, 0.6) is 23.0 Å². The quantitative estimate of drug-likeness (QED) is 0.116. The number of hydrogen-bond acceptors (Lipinski definition) is 8. The number of amides is 6. The van der Waals surface area contributed by atoms with Crippen molar-refractivity contribution in [3.8, 4) is 23.0 Å². The van der Waals surface area contributed by atoms with Gasteiger partial charge in [0.25, 0.3) is 35.4 Å². The predicted octanol–water partition coefficient (Wildman–Crippen LogP) is 8.96. The smallest absolute Gasteiger partial charge is 0.258 e. The Bertz CT molecular complexity index is 2510. The van der Waals surface area contributed by atoms with Crippen molar-refractivity contribution in [3.63, 3.8) is 0 Å². The molecule has 2 aliphatic heterocycles. The third-order valence-electron chi connectivity index (χ3n) is 10.2. The van der Waals surface area contributed by atoms with Gasteiger partial charge >= 0.3 is 0 Å². The van der Waals surface area contributed by atoms with Gasteiger partial charge in [0, 0.05) is 52.2 Å². The number of nitrogens with one attached hydrogen (secondary N) is 2.